The molecule has 1 saturated carbocycles. The summed E-state index contributed by atoms with van der Waals surface area (Å²) in [5.41, 5.74) is 11.9. The molecular weight excluding hydrogens is 264 g/mol. The maximum atomic E-state index is 6.53. The Morgan fingerprint density at radius 1 is 1.24 bits per heavy atom. The van der Waals surface area contributed by atoms with Gasteiger partial charge in [-0.25, -0.2) is 4.99 Å². The van der Waals surface area contributed by atoms with Gasteiger partial charge in [0.15, 0.2) is 5.96 Å². The average Bonchev–Trinajstić information content (AvgIpc) is 2.78. The number of guanidine groups is 1. The number of nitrogens with one attached hydrogen (secondary N) is 2. The molecule has 0 aromatic heterocycles. The summed E-state index contributed by atoms with van der Waals surface area (Å²) >= 11 is 0. The van der Waals surface area contributed by atoms with Crippen LogP contribution in [0.4, 0.5) is 0 Å². The van der Waals surface area contributed by atoms with Crippen molar-refractivity contribution in [3.8, 4) is 0 Å². The van der Waals surface area contributed by atoms with Crippen molar-refractivity contribution < 1.29 is 0 Å². The Kier molecular flexibility index (Phi) is 3.11. The van der Waals surface area contributed by atoms with Gasteiger partial charge in [0.1, 0.15) is 11.5 Å². The van der Waals surface area contributed by atoms with Gasteiger partial charge in [-0.2, -0.15) is 0 Å². The quantitative estimate of drug-likeness (QED) is 0.569. The molecule has 0 spiro atoms. The second-order valence-electron chi connectivity index (χ2n) is 7.03. The van der Waals surface area contributed by atoms with Crippen molar-refractivity contribution in [1.82, 2.24) is 15.5 Å². The number of aliphatic imine (C=N–C) groups is 1. The lowest BCUT2D eigenvalue weighted by Gasteiger charge is -2.41. The molecule has 3 aliphatic heterocycles. The van der Waals surface area contributed by atoms with E-state index in [1.807, 2.05) is 0 Å². The van der Waals surface area contributed by atoms with Crippen molar-refractivity contribution in [3.63, 3.8) is 0 Å². The molecule has 6 heteroatoms. The van der Waals surface area contributed by atoms with Crippen LogP contribution >= 0.6 is 0 Å². The molecule has 6 nitrogen and oxygen atoms in total. The maximum absolute atomic E-state index is 6.53. The number of fused-ring (bicyclic) bond motifs is 1. The van der Waals surface area contributed by atoms with Crippen LogP contribution in [0, 0.1) is 11.8 Å². The van der Waals surface area contributed by atoms with Crippen LogP contribution in [-0.4, -0.2) is 42.2 Å². The highest BCUT2D eigenvalue weighted by molar-refractivity contribution is 5.81. The molecule has 2 saturated heterocycles. The highest BCUT2D eigenvalue weighted by Crippen LogP contribution is 2.38. The summed E-state index contributed by atoms with van der Waals surface area (Å²) in [5.74, 6) is 2.71. The van der Waals surface area contributed by atoms with Gasteiger partial charge >= 0.3 is 0 Å². The first kappa shape index (κ1) is 13.4. The average molecular weight is 290 g/mol. The molecule has 3 heterocycles. The Bertz CT molecular complexity index is 469. The number of rotatable bonds is 2. The molecule has 3 atom stereocenters. The second-order valence-corrected chi connectivity index (χ2v) is 7.03. The second kappa shape index (κ2) is 4.88. The van der Waals surface area contributed by atoms with Gasteiger partial charge in [0.05, 0.1) is 0 Å². The van der Waals surface area contributed by atoms with E-state index in [4.69, 9.17) is 11.5 Å². The normalized spacial score (nSPS) is 40.0. The van der Waals surface area contributed by atoms with Crippen LogP contribution in [0.5, 0.6) is 0 Å². The fourth-order valence-electron chi connectivity index (χ4n) is 4.15. The van der Waals surface area contributed by atoms with Crippen molar-refractivity contribution in [1.29, 1.82) is 0 Å². The van der Waals surface area contributed by atoms with Crippen LogP contribution < -0.4 is 22.1 Å². The molecule has 4 rings (SSSR count). The van der Waals surface area contributed by atoms with Gasteiger partial charge in [-0.1, -0.05) is 6.42 Å². The van der Waals surface area contributed by atoms with Crippen molar-refractivity contribution in [3.05, 3.63) is 11.9 Å². The summed E-state index contributed by atoms with van der Waals surface area (Å²) in [4.78, 5) is 6.89. The smallest absolute Gasteiger partial charge is 0.196 e. The highest BCUT2D eigenvalue weighted by Gasteiger charge is 2.42. The predicted octanol–water partition coefficient (Wildman–Crippen LogP) is -0.115. The first-order chi connectivity index (χ1) is 10.1. The molecule has 1 aliphatic carbocycles. The van der Waals surface area contributed by atoms with Gasteiger partial charge in [0.25, 0.3) is 0 Å². The van der Waals surface area contributed by atoms with Crippen LogP contribution in [0.2, 0.25) is 0 Å². The van der Waals surface area contributed by atoms with Crippen molar-refractivity contribution in [2.45, 2.75) is 43.8 Å². The van der Waals surface area contributed by atoms with E-state index in [0.29, 0.717) is 17.9 Å². The van der Waals surface area contributed by atoms with Gasteiger partial charge in [-0.05, 0) is 44.2 Å². The zero-order valence-electron chi connectivity index (χ0n) is 12.5. The van der Waals surface area contributed by atoms with E-state index in [1.165, 1.54) is 19.3 Å². The third-order valence-corrected chi connectivity index (χ3v) is 5.64. The topological polar surface area (TPSA) is 91.7 Å². The molecule has 0 amide bonds. The monoisotopic (exact) mass is 290 g/mol. The molecule has 0 aromatic carbocycles. The fourth-order valence-corrected chi connectivity index (χ4v) is 4.15. The van der Waals surface area contributed by atoms with Crippen LogP contribution in [-0.2, 0) is 0 Å². The Morgan fingerprint density at radius 2 is 2.10 bits per heavy atom. The minimum Gasteiger partial charge on any atom is -0.370 e. The Hall–Kier alpha value is -1.27. The summed E-state index contributed by atoms with van der Waals surface area (Å²) < 4.78 is 0. The van der Waals surface area contributed by atoms with Crippen LogP contribution in [0.25, 0.3) is 0 Å². The zero-order valence-corrected chi connectivity index (χ0v) is 12.5. The van der Waals surface area contributed by atoms with E-state index in [9.17, 15) is 0 Å². The third kappa shape index (κ3) is 2.30. The molecule has 0 bridgehead atoms. The van der Waals surface area contributed by atoms with E-state index >= 15 is 0 Å². The highest BCUT2D eigenvalue weighted by atomic mass is 15.3. The van der Waals surface area contributed by atoms with E-state index in [-0.39, 0.29) is 0 Å². The predicted molar refractivity (Wildman–Crippen MR) is 83.2 cm³/mol. The number of hydrogen-bond donors (Lipinski definition) is 4. The van der Waals surface area contributed by atoms with E-state index in [0.717, 1.165) is 44.2 Å². The summed E-state index contributed by atoms with van der Waals surface area (Å²) in [6.45, 7) is 3.27. The Morgan fingerprint density at radius 3 is 2.81 bits per heavy atom. The van der Waals surface area contributed by atoms with Crippen LogP contribution in [0.15, 0.2) is 16.9 Å². The Balaban J connectivity index is 1.54. The number of likely N-dealkylation sites (tertiary alicyclic amines) is 1. The molecular formula is C15H26N6. The molecule has 0 aromatic rings. The summed E-state index contributed by atoms with van der Waals surface area (Å²) in [7, 11) is 0. The van der Waals surface area contributed by atoms with Crippen LogP contribution in [0.3, 0.4) is 0 Å². The molecule has 6 N–H and O–H groups in total. The molecule has 0 radical (unpaired) electrons. The summed E-state index contributed by atoms with van der Waals surface area (Å²) in [6, 6.07) is 0.609. The minimum absolute atomic E-state index is 0.441. The van der Waals surface area contributed by atoms with Crippen LogP contribution in [0.1, 0.15) is 32.1 Å². The summed E-state index contributed by atoms with van der Waals surface area (Å²) in [6.07, 6.45) is 8.29. The molecule has 116 valence electrons. The maximum Gasteiger partial charge on any atom is 0.196 e. The van der Waals surface area contributed by atoms with Gasteiger partial charge in [-0.3, -0.25) is 0 Å². The van der Waals surface area contributed by atoms with Gasteiger partial charge in [0.2, 0.25) is 0 Å². The first-order valence-corrected chi connectivity index (χ1v) is 8.26. The largest absolute Gasteiger partial charge is 0.370 e. The van der Waals surface area contributed by atoms with Gasteiger partial charge in [0, 0.05) is 25.0 Å². The molecule has 3 fully saturated rings. The molecule has 1 unspecified atom stereocenters. The van der Waals surface area contributed by atoms with Crippen molar-refractivity contribution in [2.75, 3.05) is 19.6 Å². The van der Waals surface area contributed by atoms with E-state index < -0.39 is 5.66 Å². The number of nitrogens with zero attached hydrogens (tertiary/aromatic N) is 2. The minimum atomic E-state index is -0.607. The number of piperidine rings is 1. The van der Waals surface area contributed by atoms with Crippen molar-refractivity contribution in [2.24, 2.45) is 28.3 Å². The Labute approximate surface area is 126 Å². The lowest BCUT2D eigenvalue weighted by atomic mass is 9.75. The standard InChI is InChI=1S/C15H26N6/c16-14-19-13(7-15(17,20-14)11-4-1-5-11)21-8-10-3-2-6-18-12(10)9-21/h7,10-12,18H,1-6,8-9,17H2,(H3,16,19,20)/t10-,12+,15?/m0/s1. The van der Waals surface area contributed by atoms with Crippen molar-refractivity contribution >= 4 is 5.96 Å². The zero-order chi connectivity index (χ0) is 14.4. The first-order valence-electron chi connectivity index (χ1n) is 8.26. The number of hydrogen-bond acceptors (Lipinski definition) is 6. The van der Waals surface area contributed by atoms with E-state index in [2.05, 4.69) is 26.6 Å². The molecule has 4 aliphatic rings. The van der Waals surface area contributed by atoms with E-state index in [1.54, 1.807) is 0 Å². The summed E-state index contributed by atoms with van der Waals surface area (Å²) in [5, 5.41) is 6.87. The van der Waals surface area contributed by atoms with Gasteiger partial charge < -0.3 is 27.0 Å². The SMILES string of the molecule is NC1=NC(N)(C2CCC2)C=C(N2C[C@@H]3CCCN[C@@H]3C2)N1. The number of nitrogens with two attached hydrogens (primary N) is 2. The lowest BCUT2D eigenvalue weighted by molar-refractivity contribution is 0.205. The third-order valence-electron chi connectivity index (χ3n) is 5.64. The fraction of sp³-hybridized carbons (Fsp3) is 0.800. The molecule has 21 heavy (non-hydrogen) atoms. The van der Waals surface area contributed by atoms with Gasteiger partial charge in [-0.15, -0.1) is 0 Å². The lowest BCUT2D eigenvalue weighted by Crippen LogP contribution is -2.55.